The number of thiocarbonyl (C=S) groups is 1. The molecule has 0 fully saturated rings. The smallest absolute Gasteiger partial charge is 0.255 e. The second kappa shape index (κ2) is 8.18. The Labute approximate surface area is 168 Å². The third-order valence-corrected chi connectivity index (χ3v) is 4.63. The van der Waals surface area contributed by atoms with Gasteiger partial charge >= 0.3 is 0 Å². The molecule has 0 spiro atoms. The molecule has 4 N–H and O–H groups in total. The van der Waals surface area contributed by atoms with E-state index in [0.29, 0.717) is 33.6 Å². The number of anilines is 1. The van der Waals surface area contributed by atoms with Gasteiger partial charge in [-0.05, 0) is 49.0 Å². The van der Waals surface area contributed by atoms with E-state index in [1.54, 1.807) is 38.3 Å². The molecule has 146 valence electrons. The number of rotatable bonds is 5. The summed E-state index contributed by atoms with van der Waals surface area (Å²) in [4.78, 5) is 13.1. The van der Waals surface area contributed by atoms with Crippen LogP contribution in [0.1, 0.15) is 18.5 Å². The zero-order chi connectivity index (χ0) is 20.3. The highest BCUT2D eigenvalue weighted by Crippen LogP contribution is 2.34. The first-order chi connectivity index (χ1) is 13.4. The minimum absolute atomic E-state index is 0.0171. The number of phenols is 1. The quantitative estimate of drug-likeness (QED) is 0.575. The fourth-order valence-corrected chi connectivity index (χ4v) is 3.33. The number of para-hydroxylation sites is 2. The molecule has 0 radical (unpaired) electrons. The van der Waals surface area contributed by atoms with E-state index in [0.717, 1.165) is 5.56 Å². The minimum Gasteiger partial charge on any atom is -0.504 e. The van der Waals surface area contributed by atoms with Gasteiger partial charge in [0.25, 0.3) is 5.91 Å². The van der Waals surface area contributed by atoms with E-state index in [-0.39, 0.29) is 11.7 Å². The van der Waals surface area contributed by atoms with Crippen molar-refractivity contribution in [1.29, 1.82) is 0 Å². The summed E-state index contributed by atoms with van der Waals surface area (Å²) in [5.74, 6) is 0.583. The van der Waals surface area contributed by atoms with E-state index < -0.39 is 6.04 Å². The average molecular weight is 399 g/mol. The number of carbonyl (C=O) groups is 1. The minimum atomic E-state index is -0.516. The lowest BCUT2D eigenvalue weighted by atomic mass is 9.94. The van der Waals surface area contributed by atoms with Gasteiger partial charge in [-0.3, -0.25) is 4.79 Å². The number of amides is 1. The summed E-state index contributed by atoms with van der Waals surface area (Å²) >= 11 is 5.27. The van der Waals surface area contributed by atoms with Crippen molar-refractivity contribution >= 4 is 28.9 Å². The Bertz CT molecular complexity index is 958. The number of methoxy groups -OCH3 is 2. The van der Waals surface area contributed by atoms with Crippen molar-refractivity contribution in [3.63, 3.8) is 0 Å². The number of ether oxygens (including phenoxy) is 2. The van der Waals surface area contributed by atoms with Crippen molar-refractivity contribution in [2.45, 2.75) is 13.0 Å². The highest BCUT2D eigenvalue weighted by molar-refractivity contribution is 7.80. The second-order valence-corrected chi connectivity index (χ2v) is 6.56. The standard InChI is InChI=1S/C20H21N3O4S/c1-11-17(19(25)22-13-6-4-5-7-15(13)26-2)18(23-20(28)21-11)12-8-9-14(24)16(10-12)27-3/h4-10,18,24H,1-3H3,(H,22,25)(H2,21,23,28)/t18-/m0/s1. The molecule has 0 saturated carbocycles. The molecule has 1 aliphatic rings. The number of phenolic OH excluding ortho intramolecular Hbond substituents is 1. The molecule has 2 aromatic carbocycles. The van der Waals surface area contributed by atoms with Gasteiger partial charge in [0.15, 0.2) is 16.6 Å². The molecule has 1 amide bonds. The maximum atomic E-state index is 13.1. The van der Waals surface area contributed by atoms with Gasteiger partial charge in [0, 0.05) is 5.70 Å². The molecule has 3 rings (SSSR count). The van der Waals surface area contributed by atoms with Gasteiger partial charge in [0.2, 0.25) is 0 Å². The maximum absolute atomic E-state index is 13.1. The normalized spacial score (nSPS) is 16.1. The molecule has 7 nitrogen and oxygen atoms in total. The van der Waals surface area contributed by atoms with Gasteiger partial charge in [-0.25, -0.2) is 0 Å². The summed E-state index contributed by atoms with van der Waals surface area (Å²) in [6.45, 7) is 1.79. The van der Waals surface area contributed by atoms with Gasteiger partial charge in [-0.2, -0.15) is 0 Å². The predicted molar refractivity (Wildman–Crippen MR) is 111 cm³/mol. The molecule has 8 heteroatoms. The number of nitrogens with one attached hydrogen (secondary N) is 3. The van der Waals surface area contributed by atoms with Crippen LogP contribution < -0.4 is 25.4 Å². The molecule has 0 saturated heterocycles. The summed E-state index contributed by atoms with van der Waals surface area (Å²) in [5, 5.41) is 19.3. The molecule has 2 aromatic rings. The van der Waals surface area contributed by atoms with Crippen LogP contribution in [0.3, 0.4) is 0 Å². The van der Waals surface area contributed by atoms with Gasteiger partial charge in [0.1, 0.15) is 5.75 Å². The Morgan fingerprint density at radius 3 is 2.57 bits per heavy atom. The van der Waals surface area contributed by atoms with Crippen LogP contribution in [-0.4, -0.2) is 30.3 Å². The van der Waals surface area contributed by atoms with Crippen molar-refractivity contribution in [2.75, 3.05) is 19.5 Å². The number of allylic oxidation sites excluding steroid dienone is 1. The second-order valence-electron chi connectivity index (χ2n) is 6.16. The summed E-state index contributed by atoms with van der Waals surface area (Å²) in [5.41, 5.74) is 2.38. The van der Waals surface area contributed by atoms with Crippen LogP contribution >= 0.6 is 12.2 Å². The van der Waals surface area contributed by atoms with Crippen molar-refractivity contribution < 1.29 is 19.4 Å². The maximum Gasteiger partial charge on any atom is 0.255 e. The van der Waals surface area contributed by atoms with Crippen LogP contribution in [-0.2, 0) is 4.79 Å². The summed E-state index contributed by atoms with van der Waals surface area (Å²) < 4.78 is 10.5. The summed E-state index contributed by atoms with van der Waals surface area (Å²) in [6, 6.07) is 11.6. The summed E-state index contributed by atoms with van der Waals surface area (Å²) in [6.07, 6.45) is 0. The molecular formula is C20H21N3O4S. The SMILES string of the molecule is COc1cc([C@@H]2NC(=S)NC(C)=C2C(=O)Nc2ccccc2OC)ccc1O. The van der Waals surface area contributed by atoms with E-state index in [1.807, 2.05) is 12.1 Å². The lowest BCUT2D eigenvalue weighted by Gasteiger charge is -2.30. The first kappa shape index (κ1) is 19.5. The fraction of sp³-hybridized carbons (Fsp3) is 0.200. The number of benzene rings is 2. The van der Waals surface area contributed by atoms with E-state index in [4.69, 9.17) is 21.7 Å². The van der Waals surface area contributed by atoms with Crippen LogP contribution in [0.15, 0.2) is 53.7 Å². The molecule has 0 bridgehead atoms. The number of carbonyl (C=O) groups excluding carboxylic acids is 1. The van der Waals surface area contributed by atoms with Gasteiger partial charge in [-0.1, -0.05) is 18.2 Å². The molecular weight excluding hydrogens is 378 g/mol. The molecule has 1 aliphatic heterocycles. The van der Waals surface area contributed by atoms with Gasteiger partial charge < -0.3 is 30.5 Å². The number of aromatic hydroxyl groups is 1. The van der Waals surface area contributed by atoms with E-state index >= 15 is 0 Å². The average Bonchev–Trinajstić information content (AvgIpc) is 2.68. The largest absolute Gasteiger partial charge is 0.504 e. The van der Waals surface area contributed by atoms with Crippen LogP contribution in [0, 0.1) is 0 Å². The lowest BCUT2D eigenvalue weighted by molar-refractivity contribution is -0.113. The van der Waals surface area contributed by atoms with E-state index in [2.05, 4.69) is 16.0 Å². The monoisotopic (exact) mass is 399 g/mol. The Hall–Kier alpha value is -3.26. The third kappa shape index (κ3) is 3.86. The first-order valence-electron chi connectivity index (χ1n) is 8.54. The van der Waals surface area contributed by atoms with Crippen LogP contribution in [0.5, 0.6) is 17.2 Å². The zero-order valence-electron chi connectivity index (χ0n) is 15.7. The number of hydrogen-bond donors (Lipinski definition) is 4. The van der Waals surface area contributed by atoms with Crippen molar-refractivity contribution in [1.82, 2.24) is 10.6 Å². The summed E-state index contributed by atoms with van der Waals surface area (Å²) in [7, 11) is 3.01. The van der Waals surface area contributed by atoms with Crippen molar-refractivity contribution in [2.24, 2.45) is 0 Å². The van der Waals surface area contributed by atoms with Gasteiger partial charge in [-0.15, -0.1) is 0 Å². The van der Waals surface area contributed by atoms with Gasteiger partial charge in [0.05, 0.1) is 31.5 Å². The topological polar surface area (TPSA) is 91.9 Å². The predicted octanol–water partition coefficient (Wildman–Crippen LogP) is 2.84. The molecule has 1 heterocycles. The lowest BCUT2D eigenvalue weighted by Crippen LogP contribution is -2.45. The van der Waals surface area contributed by atoms with Crippen molar-refractivity contribution in [3.05, 3.63) is 59.3 Å². The van der Waals surface area contributed by atoms with E-state index in [1.165, 1.54) is 13.2 Å². The zero-order valence-corrected chi connectivity index (χ0v) is 16.5. The fourth-order valence-electron chi connectivity index (χ4n) is 3.06. The Morgan fingerprint density at radius 2 is 1.86 bits per heavy atom. The Morgan fingerprint density at radius 1 is 1.14 bits per heavy atom. The van der Waals surface area contributed by atoms with Crippen LogP contribution in [0.2, 0.25) is 0 Å². The van der Waals surface area contributed by atoms with Crippen LogP contribution in [0.25, 0.3) is 0 Å². The molecule has 28 heavy (non-hydrogen) atoms. The third-order valence-electron chi connectivity index (χ3n) is 4.41. The van der Waals surface area contributed by atoms with E-state index in [9.17, 15) is 9.90 Å². The highest BCUT2D eigenvalue weighted by Gasteiger charge is 2.30. The highest BCUT2D eigenvalue weighted by atomic mass is 32.1. The molecule has 0 aromatic heterocycles. The molecule has 0 unspecified atom stereocenters. The Kier molecular flexibility index (Phi) is 5.70. The number of hydrogen-bond acceptors (Lipinski definition) is 5. The molecule has 0 aliphatic carbocycles. The van der Waals surface area contributed by atoms with Crippen LogP contribution in [0.4, 0.5) is 5.69 Å². The first-order valence-corrected chi connectivity index (χ1v) is 8.95. The molecule has 1 atom stereocenters. The van der Waals surface area contributed by atoms with Crippen molar-refractivity contribution in [3.8, 4) is 17.2 Å². The Balaban J connectivity index is 1.99.